The van der Waals surface area contributed by atoms with Gasteiger partial charge in [-0.1, -0.05) is 0 Å². The minimum Gasteiger partial charge on any atom is -0.487 e. The van der Waals surface area contributed by atoms with E-state index in [2.05, 4.69) is 9.80 Å². The topological polar surface area (TPSA) is 135 Å². The first-order valence-corrected chi connectivity index (χ1v) is 16.3. The summed E-state index contributed by atoms with van der Waals surface area (Å²) < 4.78 is 39.5. The van der Waals surface area contributed by atoms with Gasteiger partial charge in [-0.2, -0.15) is 0 Å². The van der Waals surface area contributed by atoms with Crippen molar-refractivity contribution in [2.45, 2.75) is 127 Å². The molecule has 0 radical (unpaired) electrons. The van der Waals surface area contributed by atoms with Crippen molar-refractivity contribution in [1.82, 2.24) is 9.80 Å². The van der Waals surface area contributed by atoms with Gasteiger partial charge in [0.05, 0.1) is 22.2 Å². The maximum atomic E-state index is 14.0. The van der Waals surface area contributed by atoms with Crippen LogP contribution in [0.2, 0.25) is 0 Å². The Morgan fingerprint density at radius 1 is 0.783 bits per heavy atom. The second kappa shape index (κ2) is 13.6. The molecule has 4 N–H and O–H groups in total. The minimum atomic E-state index is -0.737. The highest BCUT2D eigenvalue weighted by molar-refractivity contribution is 5.43. The zero-order valence-corrected chi connectivity index (χ0v) is 27.2. The Morgan fingerprint density at radius 3 is 1.52 bits per heavy atom. The highest BCUT2D eigenvalue weighted by Crippen LogP contribution is 2.40. The number of halogens is 2. The van der Waals surface area contributed by atoms with Crippen LogP contribution in [0.1, 0.15) is 79.1 Å². The van der Waals surface area contributed by atoms with E-state index in [0.29, 0.717) is 42.9 Å². The van der Waals surface area contributed by atoms with Crippen LogP contribution in [0.4, 0.5) is 20.2 Å². The highest BCUT2D eigenvalue weighted by atomic mass is 19.1. The summed E-state index contributed by atoms with van der Waals surface area (Å²) in [6, 6.07) is 9.57. The number of hydrogen-bond acceptors (Lipinski definition) is 9. The largest absolute Gasteiger partial charge is 0.487 e. The Hall–Kier alpha value is -3.06. The molecule has 4 aliphatic rings. The molecule has 4 bridgehead atoms. The normalized spacial score (nSPS) is 28.0. The summed E-state index contributed by atoms with van der Waals surface area (Å²) in [5, 5.41) is 30.8. The lowest BCUT2D eigenvalue weighted by molar-refractivity contribution is -0.385. The van der Waals surface area contributed by atoms with Crippen LogP contribution >= 0.6 is 0 Å². The Bertz CT molecular complexity index is 1350. The number of nitrogen functional groups attached to an aromatic ring is 1. The smallest absolute Gasteiger partial charge is 0.272 e. The third-order valence-corrected chi connectivity index (χ3v) is 9.49. The SMILES string of the molecule is CC(C)(O)CN1[C@@H]2CC[C@H]1C[C@H](Oc1ccc(N)cc1F)C2.CC(C)(O)CN1[C@@H]2CC[C@H]1C[C@H](Oc1ccc([N+](=O)[O-])cc1F)C2. The lowest BCUT2D eigenvalue weighted by atomic mass is 9.97. The number of benzene rings is 2. The number of aliphatic hydroxyl groups is 2. The van der Waals surface area contributed by atoms with E-state index in [0.717, 1.165) is 57.4 Å². The molecule has 0 aliphatic carbocycles. The van der Waals surface area contributed by atoms with E-state index in [1.807, 2.05) is 13.8 Å². The van der Waals surface area contributed by atoms with Crippen LogP contribution in [-0.4, -0.2) is 85.6 Å². The first-order valence-electron chi connectivity index (χ1n) is 16.3. The molecule has 0 saturated carbocycles. The van der Waals surface area contributed by atoms with Crippen molar-refractivity contribution in [2.75, 3.05) is 18.8 Å². The Labute approximate surface area is 269 Å². The fourth-order valence-corrected chi connectivity index (χ4v) is 7.72. The maximum absolute atomic E-state index is 14.0. The lowest BCUT2D eigenvalue weighted by Crippen LogP contribution is -2.51. The molecule has 4 saturated heterocycles. The number of nitrogens with zero attached hydrogens (tertiary/aromatic N) is 3. The van der Waals surface area contributed by atoms with Crippen LogP contribution in [0.5, 0.6) is 11.5 Å². The summed E-state index contributed by atoms with van der Waals surface area (Å²) >= 11 is 0. The Kier molecular flexibility index (Phi) is 10.1. The average molecular weight is 647 g/mol. The van der Waals surface area contributed by atoms with Crippen LogP contribution in [0, 0.1) is 21.7 Å². The Balaban J connectivity index is 0.000000182. The molecule has 6 atom stereocenters. The molecule has 2 aromatic rings. The van der Waals surface area contributed by atoms with Crippen molar-refractivity contribution < 1.29 is 33.4 Å². The van der Waals surface area contributed by atoms with Gasteiger partial charge in [0, 0.05) is 55.1 Å². The second-order valence-electron chi connectivity index (χ2n) is 14.7. The van der Waals surface area contributed by atoms with E-state index in [4.69, 9.17) is 15.2 Å². The van der Waals surface area contributed by atoms with E-state index in [-0.39, 0.29) is 29.4 Å². The van der Waals surface area contributed by atoms with E-state index in [9.17, 15) is 29.1 Å². The maximum Gasteiger partial charge on any atom is 0.272 e. The molecule has 4 heterocycles. The molecule has 254 valence electrons. The molecule has 2 aromatic carbocycles. The van der Waals surface area contributed by atoms with Crippen LogP contribution in [0.3, 0.4) is 0 Å². The van der Waals surface area contributed by atoms with Crippen molar-refractivity contribution in [3.8, 4) is 11.5 Å². The van der Waals surface area contributed by atoms with Crippen LogP contribution in [-0.2, 0) is 0 Å². The van der Waals surface area contributed by atoms with Gasteiger partial charge in [0.1, 0.15) is 12.2 Å². The van der Waals surface area contributed by atoms with Gasteiger partial charge in [-0.25, -0.2) is 8.78 Å². The average Bonchev–Trinajstić information content (AvgIpc) is 3.29. The molecule has 46 heavy (non-hydrogen) atoms. The van der Waals surface area contributed by atoms with Gasteiger partial charge in [0.15, 0.2) is 23.1 Å². The predicted molar refractivity (Wildman–Crippen MR) is 171 cm³/mol. The van der Waals surface area contributed by atoms with Gasteiger partial charge in [0.25, 0.3) is 5.69 Å². The van der Waals surface area contributed by atoms with Crippen molar-refractivity contribution in [2.24, 2.45) is 0 Å². The van der Waals surface area contributed by atoms with Crippen molar-refractivity contribution in [3.63, 3.8) is 0 Å². The third kappa shape index (κ3) is 8.64. The molecular weight excluding hydrogens is 598 g/mol. The molecule has 4 fully saturated rings. The number of nitro benzene ring substituents is 1. The molecule has 12 heteroatoms. The van der Waals surface area contributed by atoms with E-state index < -0.39 is 27.8 Å². The van der Waals surface area contributed by atoms with Gasteiger partial charge >= 0.3 is 0 Å². The number of rotatable bonds is 9. The van der Waals surface area contributed by atoms with Crippen molar-refractivity contribution in [3.05, 3.63) is 58.1 Å². The molecule has 6 rings (SSSR count). The number of nitro groups is 1. The fourth-order valence-electron chi connectivity index (χ4n) is 7.72. The van der Waals surface area contributed by atoms with Gasteiger partial charge in [0.2, 0.25) is 0 Å². The van der Waals surface area contributed by atoms with Crippen molar-refractivity contribution in [1.29, 1.82) is 0 Å². The molecular formula is C34H48F2N4O6. The van der Waals surface area contributed by atoms with Crippen LogP contribution in [0.15, 0.2) is 36.4 Å². The lowest BCUT2D eigenvalue weighted by Gasteiger charge is -2.41. The molecule has 0 aromatic heterocycles. The van der Waals surface area contributed by atoms with Crippen molar-refractivity contribution >= 4 is 11.4 Å². The quantitative estimate of drug-likeness (QED) is 0.185. The van der Waals surface area contributed by atoms with E-state index >= 15 is 0 Å². The minimum absolute atomic E-state index is 0.0358. The monoisotopic (exact) mass is 646 g/mol. The Morgan fingerprint density at radius 2 is 1.17 bits per heavy atom. The fraction of sp³-hybridized carbons (Fsp3) is 0.647. The summed E-state index contributed by atoms with van der Waals surface area (Å²) in [5.74, 6) is -0.739. The summed E-state index contributed by atoms with van der Waals surface area (Å²) in [6.07, 6.45) is 7.64. The number of hydrogen-bond donors (Lipinski definition) is 3. The number of non-ortho nitro benzene ring substituents is 1. The van der Waals surface area contributed by atoms with Crippen LogP contribution in [0.25, 0.3) is 0 Å². The van der Waals surface area contributed by atoms with Gasteiger partial charge in [-0.05, 0) is 97.3 Å². The van der Waals surface area contributed by atoms with E-state index in [1.165, 1.54) is 18.2 Å². The molecule has 0 amide bonds. The molecule has 0 spiro atoms. The molecule has 4 aliphatic heterocycles. The highest BCUT2D eigenvalue weighted by Gasteiger charge is 2.44. The third-order valence-electron chi connectivity index (χ3n) is 9.49. The van der Waals surface area contributed by atoms with E-state index in [1.54, 1.807) is 26.0 Å². The second-order valence-corrected chi connectivity index (χ2v) is 14.7. The summed E-state index contributed by atoms with van der Waals surface area (Å²) in [4.78, 5) is 14.8. The zero-order valence-electron chi connectivity index (χ0n) is 27.2. The molecule has 10 nitrogen and oxygen atoms in total. The molecule has 0 unspecified atom stereocenters. The van der Waals surface area contributed by atoms with Crippen LogP contribution < -0.4 is 15.2 Å². The van der Waals surface area contributed by atoms with Gasteiger partial charge in [-0.3, -0.25) is 19.9 Å². The summed E-state index contributed by atoms with van der Waals surface area (Å²) in [7, 11) is 0. The number of piperidine rings is 2. The number of anilines is 1. The first-order chi connectivity index (χ1) is 21.5. The number of ether oxygens (including phenoxy) is 2. The van der Waals surface area contributed by atoms with Gasteiger partial charge in [-0.15, -0.1) is 0 Å². The summed E-state index contributed by atoms with van der Waals surface area (Å²) in [6.45, 7) is 8.62. The number of fused-ring (bicyclic) bond motifs is 4. The van der Waals surface area contributed by atoms with Gasteiger partial charge < -0.3 is 25.4 Å². The summed E-state index contributed by atoms with van der Waals surface area (Å²) in [5.41, 5.74) is 4.28. The zero-order chi connectivity index (χ0) is 33.4. The number of nitrogens with two attached hydrogens (primary N) is 1. The first kappa shape index (κ1) is 34.3. The standard InChI is InChI=1S/C17H23FN2O4.C17H25FN2O2/c1-17(2,21)10-19-11-3-4-12(19)8-14(7-11)24-16-6-5-13(20(22)23)9-15(16)18;1-17(2,21)10-20-12-4-5-13(20)9-14(8-12)22-16-6-3-11(19)7-15(16)18/h5-6,9,11-12,14,21H,3-4,7-8,10H2,1-2H3;3,6-7,12-14,21H,4-5,8-10,19H2,1-2H3/t11-,12+,14-;12-,13+,14-. The predicted octanol–water partition coefficient (Wildman–Crippen LogP) is 5.43.